The predicted octanol–water partition coefficient (Wildman–Crippen LogP) is 1.95. The number of ether oxygens (including phenoxy) is 3. The molecule has 0 aromatic heterocycles. The Balaban J connectivity index is 2.39. The van der Waals surface area contributed by atoms with E-state index in [-0.39, 0.29) is 0 Å². The first kappa shape index (κ1) is 12.3. The van der Waals surface area contributed by atoms with Crippen molar-refractivity contribution in [2.75, 3.05) is 20.3 Å². The van der Waals surface area contributed by atoms with E-state index in [9.17, 15) is 4.79 Å². The second kappa shape index (κ2) is 5.44. The maximum absolute atomic E-state index is 10.5. The molecule has 1 N–H and O–H groups in total. The molecule has 0 saturated carbocycles. The van der Waals surface area contributed by atoms with Gasteiger partial charge >= 0.3 is 5.97 Å². The summed E-state index contributed by atoms with van der Waals surface area (Å²) in [7, 11) is 1.53. The Bertz CT molecular complexity index is 479. The van der Waals surface area contributed by atoms with E-state index in [0.717, 1.165) is 12.5 Å². The van der Waals surface area contributed by atoms with Crippen LogP contribution in [0, 0.1) is 0 Å². The third kappa shape index (κ3) is 2.74. The van der Waals surface area contributed by atoms with E-state index in [1.807, 2.05) is 0 Å². The van der Waals surface area contributed by atoms with E-state index in [0.29, 0.717) is 36.0 Å². The smallest absolute Gasteiger partial charge is 0.328 e. The zero-order valence-electron chi connectivity index (χ0n) is 10.0. The number of benzene rings is 1. The van der Waals surface area contributed by atoms with E-state index >= 15 is 0 Å². The molecule has 0 spiro atoms. The zero-order chi connectivity index (χ0) is 13.0. The molecule has 2 rings (SSSR count). The number of carboxylic acid groups (broad SMARTS) is 1. The number of aliphatic carboxylic acids is 1. The lowest BCUT2D eigenvalue weighted by Gasteiger charge is -2.11. The Morgan fingerprint density at radius 3 is 2.61 bits per heavy atom. The standard InChI is InChI=1S/C13H14O5/c1-16-10-8-12-11(17-5-2-6-18-12)7-9(10)3-4-13(14)15/h3-4,7-8H,2,5-6H2,1H3,(H,14,15)/b4-3+. The number of hydrogen-bond acceptors (Lipinski definition) is 4. The second-order valence-electron chi connectivity index (χ2n) is 3.76. The molecule has 1 aliphatic rings. The van der Waals surface area contributed by atoms with Crippen LogP contribution in [-0.4, -0.2) is 31.4 Å². The highest BCUT2D eigenvalue weighted by Gasteiger charge is 2.14. The van der Waals surface area contributed by atoms with Gasteiger partial charge in [0.25, 0.3) is 0 Å². The topological polar surface area (TPSA) is 65.0 Å². The molecule has 0 unspecified atom stereocenters. The predicted molar refractivity (Wildman–Crippen MR) is 65.3 cm³/mol. The Morgan fingerprint density at radius 1 is 1.33 bits per heavy atom. The van der Waals surface area contributed by atoms with Crippen molar-refractivity contribution >= 4 is 12.0 Å². The molecular formula is C13H14O5. The fourth-order valence-electron chi connectivity index (χ4n) is 1.67. The van der Waals surface area contributed by atoms with Crippen LogP contribution in [0.3, 0.4) is 0 Å². The van der Waals surface area contributed by atoms with Crippen LogP contribution in [0.5, 0.6) is 17.2 Å². The highest BCUT2D eigenvalue weighted by molar-refractivity contribution is 5.86. The molecule has 0 aliphatic carbocycles. The molecule has 5 nitrogen and oxygen atoms in total. The molecule has 0 radical (unpaired) electrons. The Kier molecular flexibility index (Phi) is 3.72. The second-order valence-corrected chi connectivity index (χ2v) is 3.76. The van der Waals surface area contributed by atoms with Crippen molar-refractivity contribution in [3.8, 4) is 17.2 Å². The van der Waals surface area contributed by atoms with Crippen molar-refractivity contribution in [3.63, 3.8) is 0 Å². The molecule has 1 aromatic carbocycles. The summed E-state index contributed by atoms with van der Waals surface area (Å²) in [5.74, 6) is 0.774. The van der Waals surface area contributed by atoms with Crippen molar-refractivity contribution in [1.29, 1.82) is 0 Å². The summed E-state index contributed by atoms with van der Waals surface area (Å²) < 4.78 is 16.3. The molecule has 0 atom stereocenters. The highest BCUT2D eigenvalue weighted by Crippen LogP contribution is 2.36. The number of methoxy groups -OCH3 is 1. The maximum Gasteiger partial charge on any atom is 0.328 e. The third-order valence-corrected chi connectivity index (χ3v) is 2.51. The van der Waals surface area contributed by atoms with Gasteiger partial charge in [-0.05, 0) is 12.1 Å². The van der Waals surface area contributed by atoms with Crippen LogP contribution in [0.4, 0.5) is 0 Å². The zero-order valence-corrected chi connectivity index (χ0v) is 10.0. The molecule has 0 amide bonds. The number of carboxylic acids is 1. The van der Waals surface area contributed by atoms with Gasteiger partial charge in [0.05, 0.1) is 20.3 Å². The summed E-state index contributed by atoms with van der Waals surface area (Å²) in [5, 5.41) is 8.64. The van der Waals surface area contributed by atoms with Crippen molar-refractivity contribution in [1.82, 2.24) is 0 Å². The third-order valence-electron chi connectivity index (χ3n) is 2.51. The normalized spacial score (nSPS) is 14.3. The monoisotopic (exact) mass is 250 g/mol. The summed E-state index contributed by atoms with van der Waals surface area (Å²) >= 11 is 0. The van der Waals surface area contributed by atoms with E-state index in [2.05, 4.69) is 0 Å². The molecule has 1 heterocycles. The van der Waals surface area contributed by atoms with Crippen LogP contribution in [0.15, 0.2) is 18.2 Å². The molecule has 18 heavy (non-hydrogen) atoms. The Hall–Kier alpha value is -2.17. The lowest BCUT2D eigenvalue weighted by Crippen LogP contribution is -1.97. The summed E-state index contributed by atoms with van der Waals surface area (Å²) in [6.07, 6.45) is 3.34. The Morgan fingerprint density at radius 2 is 2.00 bits per heavy atom. The molecule has 1 aromatic rings. The number of hydrogen-bond donors (Lipinski definition) is 1. The van der Waals surface area contributed by atoms with Crippen LogP contribution in [0.1, 0.15) is 12.0 Å². The summed E-state index contributed by atoms with van der Waals surface area (Å²) in [6, 6.07) is 3.43. The van der Waals surface area contributed by atoms with Crippen molar-refractivity contribution < 1.29 is 24.1 Å². The van der Waals surface area contributed by atoms with Gasteiger partial charge in [-0.2, -0.15) is 0 Å². The minimum atomic E-state index is -1.01. The number of fused-ring (bicyclic) bond motifs is 1. The van der Waals surface area contributed by atoms with Gasteiger partial charge in [0.15, 0.2) is 11.5 Å². The molecule has 0 saturated heterocycles. The van der Waals surface area contributed by atoms with Crippen LogP contribution in [-0.2, 0) is 4.79 Å². The van der Waals surface area contributed by atoms with Gasteiger partial charge in [-0.1, -0.05) is 0 Å². The molecule has 5 heteroatoms. The van der Waals surface area contributed by atoms with E-state index in [1.54, 1.807) is 12.1 Å². The average molecular weight is 250 g/mol. The molecule has 96 valence electrons. The van der Waals surface area contributed by atoms with Gasteiger partial charge in [-0.25, -0.2) is 4.79 Å². The SMILES string of the molecule is COc1cc2c(cc1/C=C/C(=O)O)OCCCO2. The molecular weight excluding hydrogens is 236 g/mol. The van der Waals surface area contributed by atoms with Crippen molar-refractivity contribution in [3.05, 3.63) is 23.8 Å². The molecule has 1 aliphatic heterocycles. The van der Waals surface area contributed by atoms with Gasteiger partial charge in [-0.15, -0.1) is 0 Å². The van der Waals surface area contributed by atoms with Crippen LogP contribution < -0.4 is 14.2 Å². The van der Waals surface area contributed by atoms with Gasteiger partial charge in [0.1, 0.15) is 5.75 Å². The summed E-state index contributed by atoms with van der Waals surface area (Å²) in [6.45, 7) is 1.18. The van der Waals surface area contributed by atoms with E-state index < -0.39 is 5.97 Å². The van der Waals surface area contributed by atoms with Crippen LogP contribution in [0.25, 0.3) is 6.08 Å². The maximum atomic E-state index is 10.5. The van der Waals surface area contributed by atoms with Gasteiger partial charge < -0.3 is 19.3 Å². The molecule has 0 fully saturated rings. The fraction of sp³-hybridized carbons (Fsp3) is 0.308. The number of carbonyl (C=O) groups is 1. The van der Waals surface area contributed by atoms with Crippen molar-refractivity contribution in [2.24, 2.45) is 0 Å². The first-order valence-corrected chi connectivity index (χ1v) is 5.59. The fourth-order valence-corrected chi connectivity index (χ4v) is 1.67. The minimum absolute atomic E-state index is 0.553. The highest BCUT2D eigenvalue weighted by atomic mass is 16.5. The van der Waals surface area contributed by atoms with Crippen molar-refractivity contribution in [2.45, 2.75) is 6.42 Å². The lowest BCUT2D eigenvalue weighted by molar-refractivity contribution is -0.131. The van der Waals surface area contributed by atoms with Gasteiger partial charge in [0.2, 0.25) is 0 Å². The quantitative estimate of drug-likeness (QED) is 0.831. The minimum Gasteiger partial charge on any atom is -0.496 e. The first-order valence-electron chi connectivity index (χ1n) is 5.59. The van der Waals surface area contributed by atoms with Gasteiger partial charge in [-0.3, -0.25) is 0 Å². The summed E-state index contributed by atoms with van der Waals surface area (Å²) in [4.78, 5) is 10.5. The Labute approximate surface area is 105 Å². The number of rotatable bonds is 3. The lowest BCUT2D eigenvalue weighted by atomic mass is 10.1. The van der Waals surface area contributed by atoms with Crippen LogP contribution >= 0.6 is 0 Å². The average Bonchev–Trinajstić information content (AvgIpc) is 2.59. The van der Waals surface area contributed by atoms with E-state index in [4.69, 9.17) is 19.3 Å². The van der Waals surface area contributed by atoms with Gasteiger partial charge in [0, 0.05) is 24.1 Å². The van der Waals surface area contributed by atoms with E-state index in [1.165, 1.54) is 13.2 Å². The summed E-state index contributed by atoms with van der Waals surface area (Å²) in [5.41, 5.74) is 0.643. The largest absolute Gasteiger partial charge is 0.496 e. The first-order chi connectivity index (χ1) is 8.70. The molecule has 0 bridgehead atoms. The van der Waals surface area contributed by atoms with Crippen LogP contribution in [0.2, 0.25) is 0 Å².